The van der Waals surface area contributed by atoms with Gasteiger partial charge in [0.05, 0.1) is 25.9 Å². The van der Waals surface area contributed by atoms with Crippen LogP contribution in [0.5, 0.6) is 0 Å². The molecule has 1 aliphatic heterocycles. The van der Waals surface area contributed by atoms with Gasteiger partial charge < -0.3 is 19.5 Å². The van der Waals surface area contributed by atoms with Gasteiger partial charge in [-0.05, 0) is 37.5 Å². The lowest BCUT2D eigenvalue weighted by molar-refractivity contribution is -0.0690. The molecular weight excluding hydrogens is 326 g/mol. The van der Waals surface area contributed by atoms with Crippen molar-refractivity contribution in [3.05, 3.63) is 0 Å². The first-order chi connectivity index (χ1) is 9.69. The maximum absolute atomic E-state index is 10.9. The number of hydrogen-bond donors (Lipinski definition) is 1. The van der Waals surface area contributed by atoms with Crippen molar-refractivity contribution in [1.82, 2.24) is 4.90 Å². The first-order valence-electron chi connectivity index (χ1n) is 7.42. The molecule has 6 heteroatoms. The minimum atomic E-state index is -0.869. The van der Waals surface area contributed by atoms with E-state index in [2.05, 4.69) is 15.9 Å². The summed E-state index contributed by atoms with van der Waals surface area (Å²) in [4.78, 5) is 12.3. The maximum Gasteiger partial charge on any atom is 0.407 e. The third-order valence-corrected chi connectivity index (χ3v) is 5.17. The summed E-state index contributed by atoms with van der Waals surface area (Å²) < 4.78 is 11.3. The van der Waals surface area contributed by atoms with Crippen molar-refractivity contribution in [3.8, 4) is 0 Å². The fraction of sp³-hybridized carbons (Fsp3) is 0.929. The van der Waals surface area contributed by atoms with E-state index in [-0.39, 0.29) is 6.10 Å². The molecule has 2 rings (SSSR count). The van der Waals surface area contributed by atoms with E-state index in [0.717, 1.165) is 17.9 Å². The van der Waals surface area contributed by atoms with Gasteiger partial charge in [0.2, 0.25) is 0 Å². The molecule has 1 saturated heterocycles. The molecule has 0 radical (unpaired) electrons. The molecule has 0 unspecified atom stereocenters. The molecule has 0 aromatic carbocycles. The van der Waals surface area contributed by atoms with Crippen LogP contribution in [0.25, 0.3) is 0 Å². The predicted molar refractivity (Wildman–Crippen MR) is 79.4 cm³/mol. The lowest BCUT2D eigenvalue weighted by Gasteiger charge is -2.32. The standard InChI is InChI=1S/C14H24BrNO4/c15-7-11-1-3-12(4-2-11)9-19-10-13-8-16(14(17)18)5-6-20-13/h11-13H,1-10H2,(H,17,18)/t11?,12?,13-/m1/s1. The molecule has 0 aromatic rings. The minimum absolute atomic E-state index is 0.112. The molecule has 1 N–H and O–H groups in total. The lowest BCUT2D eigenvalue weighted by atomic mass is 9.83. The molecule has 1 saturated carbocycles. The molecule has 0 spiro atoms. The Labute approximate surface area is 128 Å². The van der Waals surface area contributed by atoms with Crippen molar-refractivity contribution in [2.75, 3.05) is 38.2 Å². The van der Waals surface area contributed by atoms with Crippen molar-refractivity contribution in [3.63, 3.8) is 0 Å². The van der Waals surface area contributed by atoms with E-state index < -0.39 is 6.09 Å². The van der Waals surface area contributed by atoms with E-state index in [9.17, 15) is 4.79 Å². The highest BCUT2D eigenvalue weighted by atomic mass is 79.9. The van der Waals surface area contributed by atoms with Crippen molar-refractivity contribution < 1.29 is 19.4 Å². The SMILES string of the molecule is O=C(O)N1CCO[C@@H](COCC2CCC(CBr)CC2)C1. The summed E-state index contributed by atoms with van der Waals surface area (Å²) in [6, 6.07) is 0. The molecule has 116 valence electrons. The summed E-state index contributed by atoms with van der Waals surface area (Å²) in [5.74, 6) is 1.49. The van der Waals surface area contributed by atoms with Crippen molar-refractivity contribution in [1.29, 1.82) is 0 Å². The molecule has 1 amide bonds. The molecule has 1 atom stereocenters. The quantitative estimate of drug-likeness (QED) is 0.775. The van der Waals surface area contributed by atoms with Gasteiger partial charge in [0.25, 0.3) is 0 Å². The number of amides is 1. The topological polar surface area (TPSA) is 59.0 Å². The second kappa shape index (κ2) is 8.20. The normalized spacial score (nSPS) is 31.2. The molecule has 2 fully saturated rings. The first-order valence-corrected chi connectivity index (χ1v) is 8.54. The Bertz CT molecular complexity index is 308. The molecule has 1 heterocycles. The molecular formula is C14H24BrNO4. The summed E-state index contributed by atoms with van der Waals surface area (Å²) in [5.41, 5.74) is 0. The van der Waals surface area contributed by atoms with E-state index in [1.54, 1.807) is 0 Å². The zero-order chi connectivity index (χ0) is 14.4. The largest absolute Gasteiger partial charge is 0.465 e. The number of carboxylic acid groups (broad SMARTS) is 1. The summed E-state index contributed by atoms with van der Waals surface area (Å²) in [5, 5.41) is 10.1. The Morgan fingerprint density at radius 2 is 1.95 bits per heavy atom. The zero-order valence-corrected chi connectivity index (χ0v) is 13.4. The van der Waals surface area contributed by atoms with Gasteiger partial charge in [-0.25, -0.2) is 4.79 Å². The van der Waals surface area contributed by atoms with Gasteiger partial charge in [0, 0.05) is 18.5 Å². The number of rotatable bonds is 5. The van der Waals surface area contributed by atoms with Crippen LogP contribution in [-0.4, -0.2) is 60.4 Å². The third kappa shape index (κ3) is 4.90. The van der Waals surface area contributed by atoms with E-state index >= 15 is 0 Å². The number of hydrogen-bond acceptors (Lipinski definition) is 3. The summed E-state index contributed by atoms with van der Waals surface area (Å²) >= 11 is 3.55. The van der Waals surface area contributed by atoms with Gasteiger partial charge in [-0.15, -0.1) is 0 Å². The molecule has 0 bridgehead atoms. The number of nitrogens with zero attached hydrogens (tertiary/aromatic N) is 1. The monoisotopic (exact) mass is 349 g/mol. The Morgan fingerprint density at radius 1 is 1.25 bits per heavy atom. The number of halogens is 1. The summed E-state index contributed by atoms with van der Waals surface area (Å²) in [7, 11) is 0. The fourth-order valence-electron chi connectivity index (χ4n) is 2.91. The Kier molecular flexibility index (Phi) is 6.58. The van der Waals surface area contributed by atoms with Crippen LogP contribution >= 0.6 is 15.9 Å². The van der Waals surface area contributed by atoms with Crippen molar-refractivity contribution in [2.24, 2.45) is 11.8 Å². The number of morpholine rings is 1. The van der Waals surface area contributed by atoms with Crippen LogP contribution in [0.4, 0.5) is 4.79 Å². The van der Waals surface area contributed by atoms with Crippen LogP contribution in [0, 0.1) is 11.8 Å². The van der Waals surface area contributed by atoms with E-state index in [1.807, 2.05) is 0 Å². The van der Waals surface area contributed by atoms with Gasteiger partial charge in [-0.3, -0.25) is 0 Å². The number of ether oxygens (including phenoxy) is 2. The zero-order valence-electron chi connectivity index (χ0n) is 11.8. The Balaban J connectivity index is 1.60. The highest BCUT2D eigenvalue weighted by Crippen LogP contribution is 2.29. The average molecular weight is 350 g/mol. The molecule has 5 nitrogen and oxygen atoms in total. The number of alkyl halides is 1. The van der Waals surface area contributed by atoms with E-state index in [4.69, 9.17) is 14.6 Å². The molecule has 1 aliphatic carbocycles. The Hall–Kier alpha value is -0.330. The maximum atomic E-state index is 10.9. The van der Waals surface area contributed by atoms with Gasteiger partial charge in [0.1, 0.15) is 0 Å². The van der Waals surface area contributed by atoms with Crippen LogP contribution in [0.3, 0.4) is 0 Å². The lowest BCUT2D eigenvalue weighted by Crippen LogP contribution is -2.46. The van der Waals surface area contributed by atoms with Gasteiger partial charge in [-0.2, -0.15) is 0 Å². The highest BCUT2D eigenvalue weighted by molar-refractivity contribution is 9.09. The fourth-order valence-corrected chi connectivity index (χ4v) is 3.56. The molecule has 20 heavy (non-hydrogen) atoms. The van der Waals surface area contributed by atoms with Gasteiger partial charge in [-0.1, -0.05) is 15.9 Å². The summed E-state index contributed by atoms with van der Waals surface area (Å²) in [6.07, 6.45) is 4.06. The van der Waals surface area contributed by atoms with E-state index in [1.165, 1.54) is 30.6 Å². The van der Waals surface area contributed by atoms with Crippen LogP contribution in [0.1, 0.15) is 25.7 Å². The predicted octanol–water partition coefficient (Wildman–Crippen LogP) is 2.58. The first kappa shape index (κ1) is 16.0. The van der Waals surface area contributed by atoms with Crippen LogP contribution in [-0.2, 0) is 9.47 Å². The molecule has 0 aromatic heterocycles. The van der Waals surface area contributed by atoms with Crippen LogP contribution in [0.2, 0.25) is 0 Å². The second-order valence-corrected chi connectivity index (χ2v) is 6.45. The van der Waals surface area contributed by atoms with Crippen molar-refractivity contribution >= 4 is 22.0 Å². The number of carbonyl (C=O) groups is 1. The minimum Gasteiger partial charge on any atom is -0.465 e. The molecule has 2 aliphatic rings. The Morgan fingerprint density at radius 3 is 2.60 bits per heavy atom. The smallest absolute Gasteiger partial charge is 0.407 e. The van der Waals surface area contributed by atoms with Crippen molar-refractivity contribution in [2.45, 2.75) is 31.8 Å². The second-order valence-electron chi connectivity index (χ2n) is 5.80. The van der Waals surface area contributed by atoms with Crippen LogP contribution in [0.15, 0.2) is 0 Å². The third-order valence-electron chi connectivity index (χ3n) is 4.25. The van der Waals surface area contributed by atoms with Gasteiger partial charge in [0.15, 0.2) is 0 Å². The van der Waals surface area contributed by atoms with E-state index in [0.29, 0.717) is 32.2 Å². The average Bonchev–Trinajstić information content (AvgIpc) is 2.48. The summed E-state index contributed by atoms with van der Waals surface area (Å²) in [6.45, 7) is 2.63. The van der Waals surface area contributed by atoms with Gasteiger partial charge >= 0.3 is 6.09 Å². The van der Waals surface area contributed by atoms with Crippen LogP contribution < -0.4 is 0 Å². The highest BCUT2D eigenvalue weighted by Gasteiger charge is 2.25.